The first-order chi connectivity index (χ1) is 11.0. The zero-order valence-corrected chi connectivity index (χ0v) is 13.6. The minimum absolute atomic E-state index is 0.0241. The van der Waals surface area contributed by atoms with Crippen molar-refractivity contribution in [3.05, 3.63) is 40.1 Å². The van der Waals surface area contributed by atoms with Crippen LogP contribution in [0.15, 0.2) is 24.5 Å². The third-order valence-electron chi connectivity index (χ3n) is 3.90. The standard InChI is InChI=1S/C15H15Cl2N3O3/c16-11-1-2-12(22)14(15(11)17)9-5-13(23)20(7-9)10-6-18-19(8-10)3-4-21/h1-2,6,8-9,21-22H,3-5,7H2/t9-/m1/s1. The van der Waals surface area contributed by atoms with Gasteiger partial charge in [0.15, 0.2) is 0 Å². The van der Waals surface area contributed by atoms with Crippen LogP contribution in [0.4, 0.5) is 5.69 Å². The van der Waals surface area contributed by atoms with Crippen molar-refractivity contribution in [1.82, 2.24) is 9.78 Å². The van der Waals surface area contributed by atoms with Gasteiger partial charge in [-0.25, -0.2) is 0 Å². The number of phenols is 1. The van der Waals surface area contributed by atoms with Gasteiger partial charge in [-0.2, -0.15) is 5.10 Å². The molecule has 0 saturated carbocycles. The molecule has 0 bridgehead atoms. The number of carbonyl (C=O) groups is 1. The topological polar surface area (TPSA) is 78.6 Å². The second-order valence-electron chi connectivity index (χ2n) is 5.38. The van der Waals surface area contributed by atoms with E-state index in [9.17, 15) is 9.90 Å². The van der Waals surface area contributed by atoms with Crippen LogP contribution in [0.5, 0.6) is 5.75 Å². The van der Waals surface area contributed by atoms with Crippen LogP contribution in [0.3, 0.4) is 0 Å². The Morgan fingerprint density at radius 1 is 1.35 bits per heavy atom. The van der Waals surface area contributed by atoms with Crippen LogP contribution in [0, 0.1) is 0 Å². The number of halogens is 2. The molecule has 1 aliphatic rings. The van der Waals surface area contributed by atoms with Gasteiger partial charge in [-0.1, -0.05) is 23.2 Å². The summed E-state index contributed by atoms with van der Waals surface area (Å²) in [5, 5.41) is 23.7. The van der Waals surface area contributed by atoms with Crippen molar-refractivity contribution in [2.75, 3.05) is 18.1 Å². The highest BCUT2D eigenvalue weighted by molar-refractivity contribution is 6.42. The van der Waals surface area contributed by atoms with Crippen molar-refractivity contribution in [1.29, 1.82) is 0 Å². The lowest BCUT2D eigenvalue weighted by Gasteiger charge is -2.16. The summed E-state index contributed by atoms with van der Waals surface area (Å²) < 4.78 is 1.57. The molecular formula is C15H15Cl2N3O3. The molecule has 1 fully saturated rings. The van der Waals surface area contributed by atoms with E-state index < -0.39 is 0 Å². The summed E-state index contributed by atoms with van der Waals surface area (Å²) in [4.78, 5) is 13.9. The third-order valence-corrected chi connectivity index (χ3v) is 4.72. The van der Waals surface area contributed by atoms with Gasteiger partial charge in [0, 0.05) is 30.6 Å². The molecule has 2 N–H and O–H groups in total. The van der Waals surface area contributed by atoms with Crippen LogP contribution in [0.1, 0.15) is 17.9 Å². The van der Waals surface area contributed by atoms with Gasteiger partial charge < -0.3 is 15.1 Å². The third kappa shape index (κ3) is 3.02. The number of benzene rings is 1. The average molecular weight is 356 g/mol. The summed E-state index contributed by atoms with van der Waals surface area (Å²) in [7, 11) is 0. The average Bonchev–Trinajstić information content (AvgIpc) is 3.11. The van der Waals surface area contributed by atoms with Crippen molar-refractivity contribution in [2.24, 2.45) is 0 Å². The van der Waals surface area contributed by atoms with E-state index in [4.69, 9.17) is 28.3 Å². The number of rotatable bonds is 4. The molecule has 1 amide bonds. The fourth-order valence-corrected chi connectivity index (χ4v) is 3.29. The second kappa shape index (κ2) is 6.39. The number of aromatic hydroxyl groups is 1. The maximum Gasteiger partial charge on any atom is 0.227 e. The fraction of sp³-hybridized carbons (Fsp3) is 0.333. The maximum absolute atomic E-state index is 12.3. The lowest BCUT2D eigenvalue weighted by molar-refractivity contribution is -0.117. The van der Waals surface area contributed by atoms with E-state index in [0.29, 0.717) is 29.4 Å². The molecule has 6 nitrogen and oxygen atoms in total. The first-order valence-electron chi connectivity index (χ1n) is 7.11. The summed E-state index contributed by atoms with van der Waals surface area (Å²) in [5.74, 6) is -0.279. The molecule has 3 rings (SSSR count). The van der Waals surface area contributed by atoms with E-state index in [1.54, 1.807) is 22.0 Å². The first kappa shape index (κ1) is 16.1. The van der Waals surface area contributed by atoms with Crippen molar-refractivity contribution < 1.29 is 15.0 Å². The van der Waals surface area contributed by atoms with Gasteiger partial charge in [-0.3, -0.25) is 9.48 Å². The number of hydrogen-bond donors (Lipinski definition) is 2. The Morgan fingerprint density at radius 2 is 2.13 bits per heavy atom. The normalized spacial score (nSPS) is 18.0. The number of nitrogens with zero attached hydrogens (tertiary/aromatic N) is 3. The van der Waals surface area contributed by atoms with Crippen molar-refractivity contribution in [3.8, 4) is 5.75 Å². The molecular weight excluding hydrogens is 341 g/mol. The predicted octanol–water partition coefficient (Wildman–Crippen LogP) is 2.41. The summed E-state index contributed by atoms with van der Waals surface area (Å²) in [5.41, 5.74) is 1.15. The zero-order chi connectivity index (χ0) is 16.6. The Hall–Kier alpha value is -1.76. The Balaban J connectivity index is 1.86. The summed E-state index contributed by atoms with van der Waals surface area (Å²) in [6.45, 7) is 0.729. The largest absolute Gasteiger partial charge is 0.508 e. The van der Waals surface area contributed by atoms with Gasteiger partial charge in [0.05, 0.1) is 35.1 Å². The number of anilines is 1. The second-order valence-corrected chi connectivity index (χ2v) is 6.17. The van der Waals surface area contributed by atoms with E-state index in [0.717, 1.165) is 0 Å². The highest BCUT2D eigenvalue weighted by Crippen LogP contribution is 2.42. The summed E-state index contributed by atoms with van der Waals surface area (Å²) in [6.07, 6.45) is 3.52. The molecule has 0 radical (unpaired) electrons. The van der Waals surface area contributed by atoms with E-state index in [2.05, 4.69) is 5.10 Å². The molecule has 23 heavy (non-hydrogen) atoms. The molecule has 1 saturated heterocycles. The number of hydrogen-bond acceptors (Lipinski definition) is 4. The van der Waals surface area contributed by atoms with Crippen LogP contribution >= 0.6 is 23.2 Å². The van der Waals surface area contributed by atoms with Gasteiger partial charge in [0.2, 0.25) is 5.91 Å². The lowest BCUT2D eigenvalue weighted by atomic mass is 9.97. The quantitative estimate of drug-likeness (QED) is 0.882. The highest BCUT2D eigenvalue weighted by Gasteiger charge is 2.35. The smallest absolute Gasteiger partial charge is 0.227 e. The SMILES string of the molecule is O=C1C[C@@H](c2c(O)ccc(Cl)c2Cl)CN1c1cnn(CCO)c1. The van der Waals surface area contributed by atoms with Crippen LogP contribution in [-0.4, -0.2) is 39.1 Å². The first-order valence-corrected chi connectivity index (χ1v) is 7.87. The Kier molecular flexibility index (Phi) is 4.48. The van der Waals surface area contributed by atoms with E-state index in [-0.39, 0.29) is 35.6 Å². The molecule has 2 heterocycles. The monoisotopic (exact) mass is 355 g/mol. The minimum Gasteiger partial charge on any atom is -0.508 e. The van der Waals surface area contributed by atoms with Crippen molar-refractivity contribution >= 4 is 34.8 Å². The van der Waals surface area contributed by atoms with Crippen molar-refractivity contribution in [3.63, 3.8) is 0 Å². The summed E-state index contributed by atoms with van der Waals surface area (Å²) >= 11 is 12.2. The molecule has 0 unspecified atom stereocenters. The number of aromatic nitrogens is 2. The molecule has 1 aliphatic heterocycles. The van der Waals surface area contributed by atoms with Crippen molar-refractivity contribution in [2.45, 2.75) is 18.9 Å². The van der Waals surface area contributed by atoms with E-state index >= 15 is 0 Å². The number of carbonyl (C=O) groups excluding carboxylic acids is 1. The van der Waals surface area contributed by atoms with Gasteiger partial charge in [0.25, 0.3) is 0 Å². The predicted molar refractivity (Wildman–Crippen MR) is 87.2 cm³/mol. The van der Waals surface area contributed by atoms with Crippen LogP contribution < -0.4 is 4.90 Å². The Bertz CT molecular complexity index is 748. The van der Waals surface area contributed by atoms with E-state index in [1.165, 1.54) is 12.1 Å². The molecule has 2 aromatic rings. The summed E-state index contributed by atoms with van der Waals surface area (Å²) in [6, 6.07) is 3.01. The number of aliphatic hydroxyl groups excluding tert-OH is 1. The van der Waals surface area contributed by atoms with Crippen LogP contribution in [-0.2, 0) is 11.3 Å². The van der Waals surface area contributed by atoms with Gasteiger partial charge in [0.1, 0.15) is 5.75 Å². The number of aliphatic hydroxyl groups is 1. The molecule has 122 valence electrons. The molecule has 1 atom stereocenters. The number of phenolic OH excluding ortho intramolecular Hbond substituents is 1. The maximum atomic E-state index is 12.3. The number of amides is 1. The Morgan fingerprint density at radius 3 is 2.87 bits per heavy atom. The fourth-order valence-electron chi connectivity index (χ4n) is 2.81. The van der Waals surface area contributed by atoms with Crippen LogP contribution in [0.2, 0.25) is 10.0 Å². The van der Waals surface area contributed by atoms with Gasteiger partial charge in [-0.05, 0) is 12.1 Å². The Labute approximate surface area is 142 Å². The molecule has 8 heteroatoms. The molecule has 1 aromatic heterocycles. The molecule has 0 aliphatic carbocycles. The zero-order valence-electron chi connectivity index (χ0n) is 12.1. The van der Waals surface area contributed by atoms with E-state index in [1.807, 2.05) is 0 Å². The molecule has 1 aromatic carbocycles. The lowest BCUT2D eigenvalue weighted by Crippen LogP contribution is -2.23. The van der Waals surface area contributed by atoms with Gasteiger partial charge >= 0.3 is 0 Å². The highest BCUT2D eigenvalue weighted by atomic mass is 35.5. The van der Waals surface area contributed by atoms with Crippen LogP contribution in [0.25, 0.3) is 0 Å². The molecule has 0 spiro atoms. The minimum atomic E-state index is -0.241. The van der Waals surface area contributed by atoms with Gasteiger partial charge in [-0.15, -0.1) is 0 Å².